The first-order chi connectivity index (χ1) is 11.2. The molecule has 2 atom stereocenters. The lowest BCUT2D eigenvalue weighted by atomic mass is 9.67. The molecule has 1 amide bonds. The number of hydrogen-bond donors (Lipinski definition) is 2. The number of carbonyl (C=O) groups excluding carboxylic acids is 1. The fourth-order valence-corrected chi connectivity index (χ4v) is 4.13. The zero-order valence-electron chi connectivity index (χ0n) is 13.7. The molecule has 2 bridgehead atoms. The molecule has 2 saturated carbocycles. The fourth-order valence-electron chi connectivity index (χ4n) is 4.13. The van der Waals surface area contributed by atoms with Crippen molar-refractivity contribution < 1.29 is 14.3 Å². The van der Waals surface area contributed by atoms with Crippen molar-refractivity contribution in [3.05, 3.63) is 24.3 Å². The summed E-state index contributed by atoms with van der Waals surface area (Å²) in [6.45, 7) is 0.0162. The van der Waals surface area contributed by atoms with Crippen molar-refractivity contribution in [3.8, 4) is 11.5 Å². The third kappa shape index (κ3) is 3.78. The third-order valence-corrected chi connectivity index (χ3v) is 5.13. The molecule has 3 N–H and O–H groups in total. The second-order valence-corrected chi connectivity index (χ2v) is 6.72. The van der Waals surface area contributed by atoms with Crippen LogP contribution in [0, 0.1) is 11.8 Å². The van der Waals surface area contributed by atoms with Gasteiger partial charge >= 0.3 is 0 Å². The highest BCUT2D eigenvalue weighted by molar-refractivity contribution is 5.78. The minimum atomic E-state index is -0.0618. The van der Waals surface area contributed by atoms with Crippen LogP contribution in [0.2, 0.25) is 0 Å². The first-order valence-corrected chi connectivity index (χ1v) is 8.48. The highest BCUT2D eigenvalue weighted by Crippen LogP contribution is 2.39. The van der Waals surface area contributed by atoms with Crippen LogP contribution in [0.15, 0.2) is 24.3 Å². The van der Waals surface area contributed by atoms with E-state index in [1.807, 2.05) is 18.2 Å². The molecule has 5 heteroatoms. The third-order valence-electron chi connectivity index (χ3n) is 5.13. The molecular weight excluding hydrogens is 292 g/mol. The highest BCUT2D eigenvalue weighted by atomic mass is 16.5. The summed E-state index contributed by atoms with van der Waals surface area (Å²) in [4.78, 5) is 12.3. The van der Waals surface area contributed by atoms with E-state index in [1.54, 1.807) is 13.2 Å². The number of ether oxygens (including phenoxy) is 2. The minimum Gasteiger partial charge on any atom is -0.493 e. The number of hydrogen-bond acceptors (Lipinski definition) is 4. The van der Waals surface area contributed by atoms with Crippen molar-refractivity contribution in [2.45, 2.75) is 44.2 Å². The van der Waals surface area contributed by atoms with Gasteiger partial charge in [-0.05, 0) is 49.7 Å². The van der Waals surface area contributed by atoms with E-state index in [1.165, 1.54) is 19.3 Å². The summed E-state index contributed by atoms with van der Waals surface area (Å²) in [5.41, 5.74) is 6.13. The molecule has 2 unspecified atom stereocenters. The second-order valence-electron chi connectivity index (χ2n) is 6.72. The van der Waals surface area contributed by atoms with Crippen molar-refractivity contribution in [3.63, 3.8) is 0 Å². The van der Waals surface area contributed by atoms with Crippen LogP contribution in [0.25, 0.3) is 0 Å². The van der Waals surface area contributed by atoms with E-state index < -0.39 is 0 Å². The Bertz CT molecular complexity index is 535. The van der Waals surface area contributed by atoms with Gasteiger partial charge in [-0.25, -0.2) is 0 Å². The molecule has 0 radical (unpaired) electrons. The van der Waals surface area contributed by atoms with Gasteiger partial charge in [0.05, 0.1) is 7.11 Å². The molecule has 0 aromatic heterocycles. The lowest BCUT2D eigenvalue weighted by Crippen LogP contribution is -2.54. The molecule has 1 aromatic rings. The molecule has 2 aliphatic rings. The molecule has 1 aromatic carbocycles. The van der Waals surface area contributed by atoms with Gasteiger partial charge in [0, 0.05) is 12.1 Å². The van der Waals surface area contributed by atoms with Gasteiger partial charge in [-0.3, -0.25) is 4.79 Å². The van der Waals surface area contributed by atoms with Crippen LogP contribution in [-0.4, -0.2) is 31.7 Å². The molecule has 0 spiro atoms. The molecule has 0 aliphatic heterocycles. The summed E-state index contributed by atoms with van der Waals surface area (Å²) in [6, 6.07) is 7.92. The number of rotatable bonds is 5. The summed E-state index contributed by atoms with van der Waals surface area (Å²) < 4.78 is 10.8. The zero-order valence-corrected chi connectivity index (χ0v) is 13.7. The minimum absolute atomic E-state index is 0.0162. The molecule has 0 saturated heterocycles. The largest absolute Gasteiger partial charge is 0.493 e. The highest BCUT2D eigenvalue weighted by Gasteiger charge is 2.39. The summed E-state index contributed by atoms with van der Waals surface area (Å²) in [7, 11) is 1.59. The lowest BCUT2D eigenvalue weighted by molar-refractivity contribution is -0.125. The predicted molar refractivity (Wildman–Crippen MR) is 88.5 cm³/mol. The van der Waals surface area contributed by atoms with Crippen LogP contribution in [0.5, 0.6) is 11.5 Å². The first kappa shape index (κ1) is 16.1. The first-order valence-electron chi connectivity index (χ1n) is 8.48. The number of amides is 1. The summed E-state index contributed by atoms with van der Waals surface area (Å²) >= 11 is 0. The number of para-hydroxylation sites is 2. The van der Waals surface area contributed by atoms with E-state index >= 15 is 0 Å². The smallest absolute Gasteiger partial charge is 0.258 e. The van der Waals surface area contributed by atoms with Crippen molar-refractivity contribution in [2.75, 3.05) is 13.7 Å². The molecule has 0 heterocycles. The molecule has 2 aliphatic carbocycles. The molecule has 126 valence electrons. The molecule has 23 heavy (non-hydrogen) atoms. The Labute approximate surface area is 137 Å². The summed E-state index contributed by atoms with van der Waals surface area (Å²) in [5, 5.41) is 3.19. The monoisotopic (exact) mass is 318 g/mol. The topological polar surface area (TPSA) is 73.6 Å². The number of benzene rings is 1. The van der Waals surface area contributed by atoms with Crippen molar-refractivity contribution in [2.24, 2.45) is 17.6 Å². The second kappa shape index (κ2) is 7.21. The maximum absolute atomic E-state index is 12.3. The Kier molecular flexibility index (Phi) is 5.06. The maximum Gasteiger partial charge on any atom is 0.258 e. The normalized spacial score (nSPS) is 29.7. The Balaban J connectivity index is 1.55. The van der Waals surface area contributed by atoms with Gasteiger partial charge in [-0.1, -0.05) is 18.6 Å². The van der Waals surface area contributed by atoms with Gasteiger partial charge < -0.3 is 20.5 Å². The number of carbonyl (C=O) groups is 1. The SMILES string of the molecule is COc1ccccc1OCC(=O)NC1C2CCCC1CC(N)C2. The predicted octanol–water partition coefficient (Wildman–Crippen LogP) is 2.10. The Morgan fingerprint density at radius 2 is 1.87 bits per heavy atom. The van der Waals surface area contributed by atoms with E-state index in [2.05, 4.69) is 5.32 Å². The van der Waals surface area contributed by atoms with E-state index in [0.717, 1.165) is 12.8 Å². The van der Waals surface area contributed by atoms with Crippen molar-refractivity contribution in [1.29, 1.82) is 0 Å². The molecule has 3 rings (SSSR count). The molecule has 2 fully saturated rings. The van der Waals surface area contributed by atoms with Gasteiger partial charge in [0.15, 0.2) is 18.1 Å². The van der Waals surface area contributed by atoms with Crippen LogP contribution < -0.4 is 20.5 Å². The zero-order chi connectivity index (χ0) is 16.2. The van der Waals surface area contributed by atoms with Gasteiger partial charge in [0.2, 0.25) is 0 Å². The average molecular weight is 318 g/mol. The Morgan fingerprint density at radius 3 is 2.52 bits per heavy atom. The van der Waals surface area contributed by atoms with Crippen LogP contribution in [-0.2, 0) is 4.79 Å². The lowest BCUT2D eigenvalue weighted by Gasteiger charge is -2.45. The van der Waals surface area contributed by atoms with Gasteiger partial charge in [-0.2, -0.15) is 0 Å². The van der Waals surface area contributed by atoms with Crippen LogP contribution in [0.4, 0.5) is 0 Å². The van der Waals surface area contributed by atoms with Crippen LogP contribution in [0.3, 0.4) is 0 Å². The molecular formula is C18H26N2O3. The van der Waals surface area contributed by atoms with Crippen molar-refractivity contribution >= 4 is 5.91 Å². The van der Waals surface area contributed by atoms with E-state index in [4.69, 9.17) is 15.2 Å². The Morgan fingerprint density at radius 1 is 1.22 bits per heavy atom. The average Bonchev–Trinajstić information content (AvgIpc) is 2.54. The Hall–Kier alpha value is -1.75. The number of nitrogens with two attached hydrogens (primary N) is 1. The number of nitrogens with one attached hydrogen (secondary N) is 1. The van der Waals surface area contributed by atoms with E-state index in [9.17, 15) is 4.79 Å². The van der Waals surface area contributed by atoms with Crippen molar-refractivity contribution in [1.82, 2.24) is 5.32 Å². The number of methoxy groups -OCH3 is 1. The summed E-state index contributed by atoms with van der Waals surface area (Å²) in [6.07, 6.45) is 5.64. The van der Waals surface area contributed by atoms with Gasteiger partial charge in [-0.15, -0.1) is 0 Å². The van der Waals surface area contributed by atoms with Gasteiger partial charge in [0.25, 0.3) is 5.91 Å². The van der Waals surface area contributed by atoms with E-state index in [-0.39, 0.29) is 18.6 Å². The van der Waals surface area contributed by atoms with Crippen LogP contribution >= 0.6 is 0 Å². The van der Waals surface area contributed by atoms with E-state index in [0.29, 0.717) is 29.4 Å². The quantitative estimate of drug-likeness (QED) is 0.872. The summed E-state index contributed by atoms with van der Waals surface area (Å²) in [5.74, 6) is 2.21. The number of fused-ring (bicyclic) bond motifs is 2. The van der Waals surface area contributed by atoms with Crippen LogP contribution in [0.1, 0.15) is 32.1 Å². The standard InChI is InChI=1S/C18H26N2O3/c1-22-15-7-2-3-8-16(15)23-11-17(21)20-18-12-5-4-6-13(18)10-14(19)9-12/h2-3,7-8,12-14,18H,4-6,9-11,19H2,1H3,(H,20,21). The molecule has 5 nitrogen and oxygen atoms in total. The maximum atomic E-state index is 12.3. The fraction of sp³-hybridized carbons (Fsp3) is 0.611. The van der Waals surface area contributed by atoms with Gasteiger partial charge in [0.1, 0.15) is 0 Å².